The molecule has 0 N–H and O–H groups in total. The van der Waals surface area contributed by atoms with Gasteiger partial charge in [0.25, 0.3) is 0 Å². The van der Waals surface area contributed by atoms with E-state index in [9.17, 15) is 18.0 Å². The highest BCUT2D eigenvalue weighted by atomic mass is 35.5. The number of rotatable bonds is 6. The third-order valence-corrected chi connectivity index (χ3v) is 3.66. The number of hydrogen-bond donors (Lipinski definition) is 0. The first-order valence-corrected chi connectivity index (χ1v) is 7.10. The molecule has 0 radical (unpaired) electrons. The van der Waals surface area contributed by atoms with Gasteiger partial charge in [-0.05, 0) is 31.0 Å². The van der Waals surface area contributed by atoms with Gasteiger partial charge in [-0.25, -0.2) is 0 Å². The third kappa shape index (κ3) is 4.23. The third-order valence-electron chi connectivity index (χ3n) is 3.33. The van der Waals surface area contributed by atoms with Crippen molar-refractivity contribution in [2.45, 2.75) is 45.7 Å². The van der Waals surface area contributed by atoms with E-state index >= 15 is 0 Å². The van der Waals surface area contributed by atoms with E-state index in [1.165, 1.54) is 0 Å². The van der Waals surface area contributed by atoms with Crippen LogP contribution in [0.15, 0.2) is 18.2 Å². The second kappa shape index (κ2) is 7.11. The van der Waals surface area contributed by atoms with Gasteiger partial charge < -0.3 is 0 Å². The Hall–Kier alpha value is -1.03. The topological polar surface area (TPSA) is 17.1 Å². The van der Waals surface area contributed by atoms with Crippen LogP contribution >= 0.6 is 11.6 Å². The Morgan fingerprint density at radius 1 is 1.30 bits per heavy atom. The highest BCUT2D eigenvalue weighted by Gasteiger charge is 2.32. The number of alkyl halides is 3. The van der Waals surface area contributed by atoms with Crippen LogP contribution in [0, 0.1) is 5.92 Å². The van der Waals surface area contributed by atoms with E-state index in [4.69, 9.17) is 11.6 Å². The molecule has 0 bridgehead atoms. The Morgan fingerprint density at radius 3 is 2.45 bits per heavy atom. The molecule has 5 heteroatoms. The molecule has 1 atom stereocenters. The van der Waals surface area contributed by atoms with Gasteiger partial charge in [-0.3, -0.25) is 4.79 Å². The zero-order chi connectivity index (χ0) is 15.3. The predicted octanol–water partition coefficient (Wildman–Crippen LogP) is 5.76. The molecule has 1 rings (SSSR count). The number of carbonyl (C=O) groups is 1. The number of halogens is 4. The van der Waals surface area contributed by atoms with E-state index in [0.29, 0.717) is 12.8 Å². The quantitative estimate of drug-likeness (QED) is 0.611. The van der Waals surface area contributed by atoms with Crippen LogP contribution in [0.2, 0.25) is 5.02 Å². The molecule has 1 nitrogen and oxygen atoms in total. The summed E-state index contributed by atoms with van der Waals surface area (Å²) in [7, 11) is 0. The van der Waals surface area contributed by atoms with Crippen molar-refractivity contribution < 1.29 is 18.0 Å². The van der Waals surface area contributed by atoms with Gasteiger partial charge in [0.1, 0.15) is 0 Å². The van der Waals surface area contributed by atoms with E-state index in [1.54, 1.807) is 0 Å². The fourth-order valence-corrected chi connectivity index (χ4v) is 2.29. The van der Waals surface area contributed by atoms with Crippen LogP contribution in [0.4, 0.5) is 13.2 Å². The first kappa shape index (κ1) is 17.0. The highest BCUT2D eigenvalue weighted by Crippen LogP contribution is 2.33. The molecule has 0 aromatic heterocycles. The van der Waals surface area contributed by atoms with Gasteiger partial charge in [0.05, 0.1) is 10.6 Å². The van der Waals surface area contributed by atoms with Gasteiger partial charge in [0, 0.05) is 11.5 Å². The van der Waals surface area contributed by atoms with Crippen LogP contribution in [0.5, 0.6) is 0 Å². The Morgan fingerprint density at radius 2 is 1.95 bits per heavy atom. The normalized spacial score (nSPS) is 13.3. The van der Waals surface area contributed by atoms with Crippen molar-refractivity contribution in [3.8, 4) is 0 Å². The highest BCUT2D eigenvalue weighted by molar-refractivity contribution is 6.34. The van der Waals surface area contributed by atoms with Crippen molar-refractivity contribution in [2.75, 3.05) is 0 Å². The van der Waals surface area contributed by atoms with Gasteiger partial charge in [0.15, 0.2) is 5.78 Å². The Balaban J connectivity index is 3.07. The van der Waals surface area contributed by atoms with Gasteiger partial charge in [-0.2, -0.15) is 13.2 Å². The zero-order valence-electron chi connectivity index (χ0n) is 11.6. The minimum atomic E-state index is -4.47. The molecule has 1 aromatic carbocycles. The molecule has 0 spiro atoms. The molecule has 0 amide bonds. The molecular weight excluding hydrogens is 289 g/mol. The standard InChI is InChI=1S/C15H18ClF3O/c1-3-5-6-10(4-2)14(20)12-9-11(15(17,18)19)7-8-13(12)16/h7-10H,3-6H2,1-2H3. The Labute approximate surface area is 122 Å². The minimum absolute atomic E-state index is 0.0237. The van der Waals surface area contributed by atoms with Crippen LogP contribution in [0.3, 0.4) is 0 Å². The van der Waals surface area contributed by atoms with Gasteiger partial charge in [0.2, 0.25) is 0 Å². The van der Waals surface area contributed by atoms with E-state index in [-0.39, 0.29) is 22.3 Å². The predicted molar refractivity (Wildman–Crippen MR) is 74.1 cm³/mol. The van der Waals surface area contributed by atoms with Crippen LogP contribution in [0.1, 0.15) is 55.5 Å². The number of ketones is 1. The summed E-state index contributed by atoms with van der Waals surface area (Å²) in [5.41, 5.74) is -0.861. The lowest BCUT2D eigenvalue weighted by molar-refractivity contribution is -0.137. The summed E-state index contributed by atoms with van der Waals surface area (Å²) in [5, 5.41) is 0.0814. The van der Waals surface area contributed by atoms with Crippen molar-refractivity contribution in [3.63, 3.8) is 0 Å². The number of unbranched alkanes of at least 4 members (excludes halogenated alkanes) is 1. The summed E-state index contributed by atoms with van der Waals surface area (Å²) in [6.45, 7) is 3.87. The molecule has 0 aliphatic carbocycles. The minimum Gasteiger partial charge on any atom is -0.294 e. The van der Waals surface area contributed by atoms with Crippen LogP contribution in [-0.4, -0.2) is 5.78 Å². The summed E-state index contributed by atoms with van der Waals surface area (Å²) >= 11 is 5.89. The van der Waals surface area contributed by atoms with Crippen molar-refractivity contribution in [1.82, 2.24) is 0 Å². The summed E-state index contributed by atoms with van der Waals surface area (Å²) in [5.74, 6) is -0.562. The smallest absolute Gasteiger partial charge is 0.294 e. The molecule has 0 saturated heterocycles. The summed E-state index contributed by atoms with van der Waals surface area (Å²) < 4.78 is 38.1. The molecule has 0 aliphatic heterocycles. The average molecular weight is 307 g/mol. The summed E-state index contributed by atoms with van der Waals surface area (Å²) in [6.07, 6.45) is -1.37. The maximum absolute atomic E-state index is 12.7. The van der Waals surface area contributed by atoms with Crippen LogP contribution < -0.4 is 0 Å². The number of Topliss-reactive ketones (excluding diaryl/α,β-unsaturated/α-hetero) is 1. The largest absolute Gasteiger partial charge is 0.416 e. The van der Waals surface area contributed by atoms with Crippen molar-refractivity contribution in [3.05, 3.63) is 34.3 Å². The number of benzene rings is 1. The van der Waals surface area contributed by atoms with Crippen LogP contribution in [0.25, 0.3) is 0 Å². The monoisotopic (exact) mass is 306 g/mol. The fraction of sp³-hybridized carbons (Fsp3) is 0.533. The summed E-state index contributed by atoms with van der Waals surface area (Å²) in [4.78, 5) is 12.3. The molecule has 112 valence electrons. The van der Waals surface area contributed by atoms with Gasteiger partial charge >= 0.3 is 6.18 Å². The molecule has 0 saturated carbocycles. The van der Waals surface area contributed by atoms with E-state index < -0.39 is 11.7 Å². The van der Waals surface area contributed by atoms with Crippen molar-refractivity contribution in [2.24, 2.45) is 5.92 Å². The second-order valence-electron chi connectivity index (χ2n) is 4.80. The zero-order valence-corrected chi connectivity index (χ0v) is 12.3. The van der Waals surface area contributed by atoms with E-state index in [1.807, 2.05) is 13.8 Å². The maximum atomic E-state index is 12.7. The van der Waals surface area contributed by atoms with Crippen LogP contribution in [-0.2, 0) is 6.18 Å². The van der Waals surface area contributed by atoms with E-state index in [0.717, 1.165) is 31.0 Å². The molecule has 0 heterocycles. The number of hydrogen-bond acceptors (Lipinski definition) is 1. The van der Waals surface area contributed by atoms with E-state index in [2.05, 4.69) is 0 Å². The molecule has 1 aromatic rings. The van der Waals surface area contributed by atoms with Crippen molar-refractivity contribution >= 4 is 17.4 Å². The lowest BCUT2D eigenvalue weighted by Crippen LogP contribution is -2.16. The first-order valence-electron chi connectivity index (χ1n) is 6.72. The maximum Gasteiger partial charge on any atom is 0.416 e. The summed E-state index contributed by atoms with van der Waals surface area (Å²) in [6, 6.07) is 2.90. The first-order chi connectivity index (χ1) is 9.31. The lowest BCUT2D eigenvalue weighted by Gasteiger charge is -2.15. The molecule has 20 heavy (non-hydrogen) atoms. The molecule has 0 aliphatic rings. The Kier molecular flexibility index (Phi) is 6.06. The average Bonchev–Trinajstić information content (AvgIpc) is 2.38. The van der Waals surface area contributed by atoms with Gasteiger partial charge in [-0.15, -0.1) is 0 Å². The molecular formula is C15H18ClF3O. The lowest BCUT2D eigenvalue weighted by atomic mass is 9.90. The molecule has 0 fully saturated rings. The molecule has 1 unspecified atom stereocenters. The van der Waals surface area contributed by atoms with Crippen molar-refractivity contribution in [1.29, 1.82) is 0 Å². The number of carbonyl (C=O) groups excluding carboxylic acids is 1. The second-order valence-corrected chi connectivity index (χ2v) is 5.21. The Bertz CT molecular complexity index is 469. The fourth-order valence-electron chi connectivity index (χ4n) is 2.08. The van der Waals surface area contributed by atoms with Gasteiger partial charge in [-0.1, -0.05) is 38.3 Å². The SMILES string of the molecule is CCCCC(CC)C(=O)c1cc(C(F)(F)F)ccc1Cl.